The molecule has 0 saturated carbocycles. The van der Waals surface area contributed by atoms with Crippen LogP contribution in [-0.4, -0.2) is 9.97 Å². The Labute approximate surface area is 134 Å². The van der Waals surface area contributed by atoms with Crippen LogP contribution in [0.3, 0.4) is 0 Å². The molecule has 0 aliphatic rings. The van der Waals surface area contributed by atoms with E-state index in [4.69, 9.17) is 17.3 Å². The lowest BCUT2D eigenvalue weighted by Gasteiger charge is -2.17. The van der Waals surface area contributed by atoms with E-state index in [-0.39, 0.29) is 11.7 Å². The number of aryl methyl sites for hydroxylation is 1. The molecule has 0 saturated heterocycles. The topological polar surface area (TPSA) is 74.7 Å². The fraction of sp³-hybridized carbons (Fsp3) is 0.133. The summed E-state index contributed by atoms with van der Waals surface area (Å²) in [5.74, 6) is 0. The molecule has 1 aromatic heterocycles. The number of imidazole rings is 1. The number of aromatic amines is 2. The minimum absolute atomic E-state index is 0.240. The monoisotopic (exact) mass is 365 g/mol. The van der Waals surface area contributed by atoms with Crippen molar-refractivity contribution in [1.82, 2.24) is 9.97 Å². The highest BCUT2D eigenvalue weighted by atomic mass is 79.9. The average molecular weight is 367 g/mol. The van der Waals surface area contributed by atoms with Crippen LogP contribution < -0.4 is 11.4 Å². The van der Waals surface area contributed by atoms with Gasteiger partial charge in [0.2, 0.25) is 0 Å². The zero-order chi connectivity index (χ0) is 15.1. The van der Waals surface area contributed by atoms with Gasteiger partial charge in [0.1, 0.15) is 0 Å². The van der Waals surface area contributed by atoms with E-state index in [1.807, 2.05) is 37.3 Å². The first-order valence-electron chi connectivity index (χ1n) is 6.39. The third-order valence-corrected chi connectivity index (χ3v) is 4.73. The maximum absolute atomic E-state index is 11.4. The molecule has 0 spiro atoms. The first-order valence-corrected chi connectivity index (χ1v) is 7.56. The van der Waals surface area contributed by atoms with Gasteiger partial charge < -0.3 is 15.7 Å². The Morgan fingerprint density at radius 2 is 1.86 bits per heavy atom. The van der Waals surface area contributed by atoms with Gasteiger partial charge in [0, 0.05) is 9.50 Å². The van der Waals surface area contributed by atoms with E-state index in [1.54, 1.807) is 0 Å². The molecule has 0 amide bonds. The summed E-state index contributed by atoms with van der Waals surface area (Å²) in [5.41, 5.74) is 10.3. The minimum atomic E-state index is -0.380. The Kier molecular flexibility index (Phi) is 3.65. The predicted octanol–water partition coefficient (Wildman–Crippen LogP) is 3.63. The lowest BCUT2D eigenvalue weighted by Crippen LogP contribution is -2.13. The van der Waals surface area contributed by atoms with Gasteiger partial charge in [0.05, 0.1) is 17.1 Å². The van der Waals surface area contributed by atoms with Gasteiger partial charge in [0.15, 0.2) is 0 Å². The molecule has 21 heavy (non-hydrogen) atoms. The normalized spacial score (nSPS) is 12.8. The molecule has 4 N–H and O–H groups in total. The average Bonchev–Trinajstić information content (AvgIpc) is 2.79. The van der Waals surface area contributed by atoms with Crippen molar-refractivity contribution >= 4 is 38.6 Å². The van der Waals surface area contributed by atoms with Crippen LogP contribution >= 0.6 is 27.5 Å². The lowest BCUT2D eigenvalue weighted by atomic mass is 9.97. The molecule has 3 rings (SSSR count). The highest BCUT2D eigenvalue weighted by molar-refractivity contribution is 9.10. The quantitative estimate of drug-likeness (QED) is 0.648. The van der Waals surface area contributed by atoms with Crippen LogP contribution in [0.1, 0.15) is 22.7 Å². The van der Waals surface area contributed by atoms with Gasteiger partial charge in [-0.15, -0.1) is 0 Å². The molecular weight excluding hydrogens is 354 g/mol. The predicted molar refractivity (Wildman–Crippen MR) is 88.8 cm³/mol. The number of halogens is 2. The first kappa shape index (κ1) is 14.4. The highest BCUT2D eigenvalue weighted by Crippen LogP contribution is 2.33. The molecule has 0 aliphatic carbocycles. The number of hydrogen-bond acceptors (Lipinski definition) is 2. The number of rotatable bonds is 2. The van der Waals surface area contributed by atoms with Gasteiger partial charge in [-0.3, -0.25) is 0 Å². The van der Waals surface area contributed by atoms with Gasteiger partial charge in [-0.1, -0.05) is 45.7 Å². The molecule has 1 unspecified atom stereocenters. The summed E-state index contributed by atoms with van der Waals surface area (Å²) in [6, 6.07) is 9.11. The van der Waals surface area contributed by atoms with Crippen molar-refractivity contribution in [3.05, 3.63) is 67.0 Å². The van der Waals surface area contributed by atoms with Crippen molar-refractivity contribution in [2.24, 2.45) is 5.73 Å². The Balaban J connectivity index is 2.16. The number of hydrogen-bond donors (Lipinski definition) is 3. The lowest BCUT2D eigenvalue weighted by molar-refractivity contribution is 0.866. The molecule has 0 aliphatic heterocycles. The standard InChI is InChI=1S/C15H13BrClN3O/c1-7-3-2-4-8(13(7)17)14(18)9-5-11-12(6-10(9)16)20-15(21)19-11/h2-6,14H,18H2,1H3,(H2,19,20,21). The van der Waals surface area contributed by atoms with Crippen LogP contribution in [-0.2, 0) is 0 Å². The van der Waals surface area contributed by atoms with E-state index in [2.05, 4.69) is 25.9 Å². The van der Waals surface area contributed by atoms with Crippen molar-refractivity contribution in [2.45, 2.75) is 13.0 Å². The summed E-state index contributed by atoms with van der Waals surface area (Å²) < 4.78 is 0.829. The SMILES string of the molecule is Cc1cccc(C(N)c2cc3[nH]c(=O)[nH]c3cc2Br)c1Cl. The van der Waals surface area contributed by atoms with Crippen LogP contribution in [0.5, 0.6) is 0 Å². The number of nitrogens with one attached hydrogen (secondary N) is 2. The summed E-state index contributed by atoms with van der Waals surface area (Å²) in [7, 11) is 0. The van der Waals surface area contributed by atoms with Crippen LogP contribution in [0.15, 0.2) is 39.6 Å². The molecule has 0 fully saturated rings. The van der Waals surface area contributed by atoms with Crippen LogP contribution in [0, 0.1) is 6.92 Å². The maximum atomic E-state index is 11.4. The van der Waals surface area contributed by atoms with Crippen molar-refractivity contribution in [2.75, 3.05) is 0 Å². The maximum Gasteiger partial charge on any atom is 0.323 e. The van der Waals surface area contributed by atoms with Crippen molar-refractivity contribution in [3.8, 4) is 0 Å². The fourth-order valence-corrected chi connectivity index (χ4v) is 3.22. The van der Waals surface area contributed by atoms with E-state index in [0.717, 1.165) is 32.2 Å². The molecule has 1 heterocycles. The Bertz CT molecular complexity index is 884. The van der Waals surface area contributed by atoms with Gasteiger partial charge in [-0.2, -0.15) is 0 Å². The van der Waals surface area contributed by atoms with Gasteiger partial charge >= 0.3 is 5.69 Å². The van der Waals surface area contributed by atoms with Crippen LogP contribution in [0.25, 0.3) is 11.0 Å². The van der Waals surface area contributed by atoms with Gasteiger partial charge in [-0.05, 0) is 35.7 Å². The first-order chi connectivity index (χ1) is 9.97. The number of fused-ring (bicyclic) bond motifs is 1. The molecule has 1 atom stereocenters. The Hall–Kier alpha value is -1.56. The zero-order valence-electron chi connectivity index (χ0n) is 11.2. The highest BCUT2D eigenvalue weighted by Gasteiger charge is 2.17. The number of benzene rings is 2. The molecule has 0 radical (unpaired) electrons. The molecule has 2 aromatic carbocycles. The molecule has 3 aromatic rings. The third kappa shape index (κ3) is 2.52. The van der Waals surface area contributed by atoms with Crippen LogP contribution in [0.2, 0.25) is 5.02 Å². The second kappa shape index (κ2) is 5.33. The van der Waals surface area contributed by atoms with E-state index < -0.39 is 0 Å². The smallest absolute Gasteiger partial charge is 0.320 e. The molecule has 4 nitrogen and oxygen atoms in total. The zero-order valence-corrected chi connectivity index (χ0v) is 13.5. The second-order valence-electron chi connectivity index (χ2n) is 4.95. The van der Waals surface area contributed by atoms with E-state index in [0.29, 0.717) is 5.02 Å². The third-order valence-electron chi connectivity index (χ3n) is 3.53. The van der Waals surface area contributed by atoms with Crippen molar-refractivity contribution < 1.29 is 0 Å². The molecular formula is C15H13BrClN3O. The number of aromatic nitrogens is 2. The van der Waals surface area contributed by atoms with E-state index in [1.165, 1.54) is 0 Å². The van der Waals surface area contributed by atoms with Crippen molar-refractivity contribution in [3.63, 3.8) is 0 Å². The number of nitrogens with two attached hydrogens (primary N) is 1. The largest absolute Gasteiger partial charge is 0.323 e. The minimum Gasteiger partial charge on any atom is -0.320 e. The van der Waals surface area contributed by atoms with E-state index >= 15 is 0 Å². The summed E-state index contributed by atoms with van der Waals surface area (Å²) >= 11 is 9.86. The summed E-state index contributed by atoms with van der Waals surface area (Å²) in [5, 5.41) is 0.666. The van der Waals surface area contributed by atoms with Gasteiger partial charge in [0.25, 0.3) is 0 Å². The van der Waals surface area contributed by atoms with Gasteiger partial charge in [-0.25, -0.2) is 4.79 Å². The fourth-order valence-electron chi connectivity index (χ4n) is 2.39. The summed E-state index contributed by atoms with van der Waals surface area (Å²) in [6.07, 6.45) is 0. The number of H-pyrrole nitrogens is 2. The van der Waals surface area contributed by atoms with Crippen molar-refractivity contribution in [1.29, 1.82) is 0 Å². The molecule has 108 valence electrons. The van der Waals surface area contributed by atoms with Crippen LogP contribution in [0.4, 0.5) is 0 Å². The second-order valence-corrected chi connectivity index (χ2v) is 6.19. The molecule has 6 heteroatoms. The summed E-state index contributed by atoms with van der Waals surface area (Å²) in [6.45, 7) is 1.94. The Morgan fingerprint density at radius 1 is 1.19 bits per heavy atom. The Morgan fingerprint density at radius 3 is 2.57 bits per heavy atom. The molecule has 0 bridgehead atoms. The van der Waals surface area contributed by atoms with E-state index in [9.17, 15) is 4.79 Å². The summed E-state index contributed by atoms with van der Waals surface area (Å²) in [4.78, 5) is 16.8.